The molecule has 0 saturated heterocycles. The molecule has 0 saturated carbocycles. The Kier molecular flexibility index (Phi) is 4.73. The van der Waals surface area contributed by atoms with E-state index >= 15 is 0 Å². The summed E-state index contributed by atoms with van der Waals surface area (Å²) in [5.74, 6) is 1.48. The van der Waals surface area contributed by atoms with E-state index in [1.54, 1.807) is 24.2 Å². The van der Waals surface area contributed by atoms with Gasteiger partial charge in [0.25, 0.3) is 0 Å². The number of nitrogens with one attached hydrogen (secondary N) is 1. The molecule has 2 aromatic heterocycles. The molecule has 5 nitrogen and oxygen atoms in total. The fourth-order valence-corrected chi connectivity index (χ4v) is 3.70. The van der Waals surface area contributed by atoms with Gasteiger partial charge in [0.1, 0.15) is 5.76 Å². The molecule has 0 aliphatic rings. The highest BCUT2D eigenvalue weighted by molar-refractivity contribution is 8.01. The quantitative estimate of drug-likeness (QED) is 0.852. The molecule has 7 heteroatoms. The van der Waals surface area contributed by atoms with E-state index < -0.39 is 0 Å². The predicted octanol–water partition coefficient (Wildman–Crippen LogP) is 4.24. The fourth-order valence-electron chi connectivity index (χ4n) is 1.57. The number of hydrogen-bond acceptors (Lipinski definition) is 6. The van der Waals surface area contributed by atoms with Crippen molar-refractivity contribution >= 4 is 34.1 Å². The Balaban J connectivity index is 2.04. The van der Waals surface area contributed by atoms with E-state index in [4.69, 9.17) is 4.42 Å². The lowest BCUT2D eigenvalue weighted by atomic mass is 9.94. The lowest BCUT2D eigenvalue weighted by molar-refractivity contribution is -0.114. The first-order chi connectivity index (χ1) is 9.75. The molecule has 1 amide bonds. The number of carbonyl (C=O) groups excluding carboxylic acids is 1. The second-order valence-corrected chi connectivity index (χ2v) is 8.41. The van der Waals surface area contributed by atoms with E-state index in [0.29, 0.717) is 11.0 Å². The number of anilines is 1. The van der Waals surface area contributed by atoms with Gasteiger partial charge in [-0.3, -0.25) is 4.79 Å². The summed E-state index contributed by atoms with van der Waals surface area (Å²) < 4.78 is 6.85. The van der Waals surface area contributed by atoms with E-state index in [-0.39, 0.29) is 16.6 Å². The zero-order valence-electron chi connectivity index (χ0n) is 12.8. The predicted molar refractivity (Wildman–Crippen MR) is 85.9 cm³/mol. The van der Waals surface area contributed by atoms with Crippen LogP contribution in [0, 0.1) is 0 Å². The number of nitrogens with zero attached hydrogens (tertiary/aromatic N) is 2. The number of aromatic nitrogens is 2. The van der Waals surface area contributed by atoms with Gasteiger partial charge in [-0.15, -0.1) is 11.8 Å². The van der Waals surface area contributed by atoms with Crippen LogP contribution >= 0.6 is 23.1 Å². The topological polar surface area (TPSA) is 68.0 Å². The molecule has 1 N–H and O–H groups in total. The van der Waals surface area contributed by atoms with Crippen LogP contribution in [0.25, 0.3) is 0 Å². The van der Waals surface area contributed by atoms with Crippen LogP contribution in [0.2, 0.25) is 0 Å². The summed E-state index contributed by atoms with van der Waals surface area (Å²) in [7, 11) is 0. The summed E-state index contributed by atoms with van der Waals surface area (Å²) in [6.45, 7) is 9.80. The van der Waals surface area contributed by atoms with Crippen molar-refractivity contribution in [2.24, 2.45) is 0 Å². The molecule has 2 heterocycles. The molecule has 0 radical (unpaired) electrons. The summed E-state index contributed by atoms with van der Waals surface area (Å²) >= 11 is 3.06. The van der Waals surface area contributed by atoms with Crippen molar-refractivity contribution in [3.63, 3.8) is 0 Å². The lowest BCUT2D eigenvalue weighted by Gasteiger charge is -2.13. The van der Waals surface area contributed by atoms with E-state index in [0.717, 1.165) is 9.97 Å². The number of thioether (sulfide) groups is 1. The first-order valence-corrected chi connectivity index (χ1v) is 8.31. The van der Waals surface area contributed by atoms with E-state index in [1.807, 2.05) is 6.92 Å². The number of thiazole rings is 1. The molecule has 1 atom stereocenters. The molecule has 1 unspecified atom stereocenters. The summed E-state index contributed by atoms with van der Waals surface area (Å²) in [6.07, 6.45) is 3.55. The first-order valence-electron chi connectivity index (χ1n) is 6.62. The lowest BCUT2D eigenvalue weighted by Crippen LogP contribution is -2.09. The highest BCUT2D eigenvalue weighted by Crippen LogP contribution is 2.39. The third-order valence-corrected chi connectivity index (χ3v) is 4.81. The first kappa shape index (κ1) is 16.0. The molecule has 0 fully saturated rings. The standard InChI is InChI=1S/C14H19N3O2S2/c1-8(12-15-6-10(19-12)14(3,4)5)20-11-7-16-13(21-11)17-9(2)18/h6-8H,1-5H3,(H,16,17,18). The van der Waals surface area contributed by atoms with E-state index in [9.17, 15) is 4.79 Å². The van der Waals surface area contributed by atoms with Gasteiger partial charge in [-0.25, -0.2) is 9.97 Å². The minimum absolute atomic E-state index is 0.0430. The highest BCUT2D eigenvalue weighted by atomic mass is 32.2. The molecule has 0 aliphatic heterocycles. The Labute approximate surface area is 132 Å². The van der Waals surface area contributed by atoms with Gasteiger partial charge in [0.2, 0.25) is 11.8 Å². The Morgan fingerprint density at radius 2 is 2.10 bits per heavy atom. The Bertz CT molecular complexity index is 628. The number of oxazole rings is 1. The van der Waals surface area contributed by atoms with Crippen LogP contribution in [0.5, 0.6) is 0 Å². The smallest absolute Gasteiger partial charge is 0.223 e. The third kappa shape index (κ3) is 4.31. The van der Waals surface area contributed by atoms with Crippen LogP contribution in [-0.4, -0.2) is 15.9 Å². The Morgan fingerprint density at radius 1 is 1.38 bits per heavy atom. The molecule has 0 aliphatic carbocycles. The second-order valence-electron chi connectivity index (χ2n) is 5.74. The molecular formula is C14H19N3O2S2. The molecule has 21 heavy (non-hydrogen) atoms. The van der Waals surface area contributed by atoms with Gasteiger partial charge < -0.3 is 9.73 Å². The van der Waals surface area contributed by atoms with Crippen LogP contribution < -0.4 is 5.32 Å². The maximum absolute atomic E-state index is 11.0. The zero-order chi connectivity index (χ0) is 15.6. The molecule has 2 aromatic rings. The average molecular weight is 325 g/mol. The molecule has 0 aromatic carbocycles. The van der Waals surface area contributed by atoms with Crippen LogP contribution in [-0.2, 0) is 10.2 Å². The van der Waals surface area contributed by atoms with Crippen LogP contribution in [0.15, 0.2) is 21.0 Å². The van der Waals surface area contributed by atoms with Crippen molar-refractivity contribution in [1.82, 2.24) is 9.97 Å². The molecule has 114 valence electrons. The van der Waals surface area contributed by atoms with Gasteiger partial charge in [0, 0.05) is 12.3 Å². The number of rotatable bonds is 4. The summed E-state index contributed by atoms with van der Waals surface area (Å²) in [5.41, 5.74) is -0.0430. The molecule has 0 spiro atoms. The third-order valence-electron chi connectivity index (χ3n) is 2.67. The summed E-state index contributed by atoms with van der Waals surface area (Å²) in [5, 5.41) is 3.38. The summed E-state index contributed by atoms with van der Waals surface area (Å²) in [4.78, 5) is 19.5. The van der Waals surface area contributed by atoms with Crippen molar-refractivity contribution in [3.8, 4) is 0 Å². The van der Waals surface area contributed by atoms with Crippen molar-refractivity contribution < 1.29 is 9.21 Å². The number of hydrogen-bond donors (Lipinski definition) is 1. The van der Waals surface area contributed by atoms with Gasteiger partial charge in [-0.1, -0.05) is 32.1 Å². The number of amides is 1. The Hall–Kier alpha value is -1.34. The Morgan fingerprint density at radius 3 is 2.67 bits per heavy atom. The average Bonchev–Trinajstić information content (AvgIpc) is 2.96. The molecule has 2 rings (SSSR count). The van der Waals surface area contributed by atoms with Crippen LogP contribution in [0.1, 0.15) is 51.5 Å². The van der Waals surface area contributed by atoms with E-state index in [2.05, 4.69) is 36.1 Å². The van der Waals surface area contributed by atoms with Crippen LogP contribution in [0.3, 0.4) is 0 Å². The second kappa shape index (κ2) is 6.19. The van der Waals surface area contributed by atoms with Gasteiger partial charge in [0.15, 0.2) is 5.13 Å². The van der Waals surface area contributed by atoms with Crippen molar-refractivity contribution in [2.45, 2.75) is 49.5 Å². The monoisotopic (exact) mass is 325 g/mol. The van der Waals surface area contributed by atoms with Crippen molar-refractivity contribution in [2.75, 3.05) is 5.32 Å². The van der Waals surface area contributed by atoms with Crippen molar-refractivity contribution in [1.29, 1.82) is 0 Å². The minimum atomic E-state index is -0.114. The normalized spacial score (nSPS) is 13.2. The van der Waals surface area contributed by atoms with Gasteiger partial charge in [0.05, 0.1) is 21.9 Å². The van der Waals surface area contributed by atoms with Gasteiger partial charge in [-0.05, 0) is 6.92 Å². The largest absolute Gasteiger partial charge is 0.444 e. The highest BCUT2D eigenvalue weighted by Gasteiger charge is 2.22. The van der Waals surface area contributed by atoms with Crippen molar-refractivity contribution in [3.05, 3.63) is 24.0 Å². The van der Waals surface area contributed by atoms with Gasteiger partial charge in [-0.2, -0.15) is 0 Å². The SMILES string of the molecule is CC(=O)Nc1ncc(SC(C)c2ncc(C(C)(C)C)o2)s1. The maximum Gasteiger partial charge on any atom is 0.223 e. The summed E-state index contributed by atoms with van der Waals surface area (Å²) in [6, 6.07) is 0. The molecule has 0 bridgehead atoms. The maximum atomic E-state index is 11.0. The minimum Gasteiger partial charge on any atom is -0.444 e. The van der Waals surface area contributed by atoms with Gasteiger partial charge >= 0.3 is 0 Å². The van der Waals surface area contributed by atoms with Crippen LogP contribution in [0.4, 0.5) is 5.13 Å². The number of carbonyl (C=O) groups is 1. The zero-order valence-corrected chi connectivity index (χ0v) is 14.4. The molecular weight excluding hydrogens is 306 g/mol. The fraction of sp³-hybridized carbons (Fsp3) is 0.500. The van der Waals surface area contributed by atoms with E-state index in [1.165, 1.54) is 18.3 Å².